The van der Waals surface area contributed by atoms with Crippen LogP contribution in [-0.4, -0.2) is 16.3 Å². The largest absolute Gasteiger partial charge is 0.508 e. The Morgan fingerprint density at radius 1 is 0.792 bits per heavy atom. The van der Waals surface area contributed by atoms with Gasteiger partial charge in [0.1, 0.15) is 11.5 Å². The van der Waals surface area contributed by atoms with Crippen molar-refractivity contribution in [2.24, 2.45) is 5.92 Å². The van der Waals surface area contributed by atoms with Crippen molar-refractivity contribution < 1.29 is 10.2 Å². The number of aromatic hydroxyl groups is 2. The molecule has 0 atom stereocenters. The van der Waals surface area contributed by atoms with Crippen LogP contribution in [0.4, 0.5) is 0 Å². The van der Waals surface area contributed by atoms with Gasteiger partial charge in [-0.25, -0.2) is 0 Å². The van der Waals surface area contributed by atoms with Crippen LogP contribution in [0.1, 0.15) is 81.8 Å². The molecule has 0 bridgehead atoms. The number of benzene rings is 1. The van der Waals surface area contributed by atoms with Gasteiger partial charge in [0.25, 0.3) is 0 Å². The summed E-state index contributed by atoms with van der Waals surface area (Å²) in [4.78, 5) is 0. The molecule has 0 aromatic heterocycles. The first-order chi connectivity index (χ1) is 11.7. The zero-order chi connectivity index (χ0) is 16.8. The maximum absolute atomic E-state index is 10.3. The summed E-state index contributed by atoms with van der Waals surface area (Å²) in [5.41, 5.74) is 1.72. The van der Waals surface area contributed by atoms with Crippen molar-refractivity contribution >= 4 is 0 Å². The Morgan fingerprint density at radius 2 is 1.38 bits per heavy atom. The molecular formula is C21H33NO2. The van der Waals surface area contributed by atoms with Gasteiger partial charge in [-0.15, -0.1) is 0 Å². The van der Waals surface area contributed by atoms with E-state index in [-0.39, 0.29) is 0 Å². The van der Waals surface area contributed by atoms with E-state index in [4.69, 9.17) is 0 Å². The number of rotatable bonds is 6. The summed E-state index contributed by atoms with van der Waals surface area (Å²) in [6, 6.07) is 4.11. The van der Waals surface area contributed by atoms with Crippen molar-refractivity contribution in [1.82, 2.24) is 5.32 Å². The van der Waals surface area contributed by atoms with Gasteiger partial charge < -0.3 is 15.5 Å². The SMILES string of the molecule is Oc1cc(CNC2CCCCC2)c(O)cc1CCC1CCCCC1. The summed E-state index contributed by atoms with van der Waals surface area (Å²) >= 11 is 0. The van der Waals surface area contributed by atoms with E-state index in [1.165, 1.54) is 64.2 Å². The van der Waals surface area contributed by atoms with E-state index in [1.807, 2.05) is 0 Å². The van der Waals surface area contributed by atoms with E-state index in [0.717, 1.165) is 29.9 Å². The van der Waals surface area contributed by atoms with Gasteiger partial charge >= 0.3 is 0 Å². The summed E-state index contributed by atoms with van der Waals surface area (Å²) in [6.45, 7) is 0.646. The summed E-state index contributed by atoms with van der Waals surface area (Å²) in [5, 5.41) is 24.2. The molecule has 2 saturated carbocycles. The molecule has 0 amide bonds. The second-order valence-corrected chi connectivity index (χ2v) is 7.87. The van der Waals surface area contributed by atoms with Crippen molar-refractivity contribution in [1.29, 1.82) is 0 Å². The molecule has 0 saturated heterocycles. The Balaban J connectivity index is 1.54. The van der Waals surface area contributed by atoms with Crippen LogP contribution in [0.2, 0.25) is 0 Å². The Hall–Kier alpha value is -1.22. The highest BCUT2D eigenvalue weighted by atomic mass is 16.3. The van der Waals surface area contributed by atoms with Gasteiger partial charge in [-0.3, -0.25) is 0 Å². The van der Waals surface area contributed by atoms with Crippen molar-refractivity contribution in [3.05, 3.63) is 23.3 Å². The first-order valence-electron chi connectivity index (χ1n) is 9.99. The second-order valence-electron chi connectivity index (χ2n) is 7.87. The fourth-order valence-electron chi connectivity index (χ4n) is 4.40. The smallest absolute Gasteiger partial charge is 0.120 e. The lowest BCUT2D eigenvalue weighted by Gasteiger charge is -2.23. The fourth-order valence-corrected chi connectivity index (χ4v) is 4.40. The molecule has 2 aliphatic carbocycles. The molecule has 3 rings (SSSR count). The van der Waals surface area contributed by atoms with E-state index >= 15 is 0 Å². The number of phenolic OH excluding ortho intramolecular Hbond substituents is 2. The molecular weight excluding hydrogens is 298 g/mol. The van der Waals surface area contributed by atoms with E-state index in [1.54, 1.807) is 12.1 Å². The molecule has 1 aromatic rings. The van der Waals surface area contributed by atoms with Gasteiger partial charge in [0.2, 0.25) is 0 Å². The molecule has 0 unspecified atom stereocenters. The third kappa shape index (κ3) is 4.89. The van der Waals surface area contributed by atoms with Crippen LogP contribution in [0.15, 0.2) is 12.1 Å². The van der Waals surface area contributed by atoms with E-state index in [9.17, 15) is 10.2 Å². The predicted molar refractivity (Wildman–Crippen MR) is 98.4 cm³/mol. The number of hydrogen-bond acceptors (Lipinski definition) is 3. The molecule has 134 valence electrons. The van der Waals surface area contributed by atoms with Gasteiger partial charge in [-0.2, -0.15) is 0 Å². The zero-order valence-corrected chi connectivity index (χ0v) is 14.9. The molecule has 3 N–H and O–H groups in total. The molecule has 0 radical (unpaired) electrons. The summed E-state index contributed by atoms with van der Waals surface area (Å²) < 4.78 is 0. The van der Waals surface area contributed by atoms with Crippen LogP contribution in [0.3, 0.4) is 0 Å². The van der Waals surface area contributed by atoms with Crippen molar-refractivity contribution in [2.75, 3.05) is 0 Å². The lowest BCUT2D eigenvalue weighted by atomic mass is 9.85. The average molecular weight is 332 g/mol. The summed E-state index contributed by atoms with van der Waals surface area (Å²) in [6.07, 6.45) is 15.2. The highest BCUT2D eigenvalue weighted by Gasteiger charge is 2.17. The molecule has 1 aromatic carbocycles. The summed E-state index contributed by atoms with van der Waals surface area (Å²) in [5.74, 6) is 1.48. The minimum atomic E-state index is 0.328. The van der Waals surface area contributed by atoms with Gasteiger partial charge in [0.15, 0.2) is 0 Å². The number of phenols is 2. The Labute approximate surface area is 146 Å². The van der Waals surface area contributed by atoms with Crippen LogP contribution in [0.25, 0.3) is 0 Å². The molecule has 24 heavy (non-hydrogen) atoms. The molecule has 3 heteroatoms. The van der Waals surface area contributed by atoms with E-state index in [0.29, 0.717) is 24.1 Å². The third-order valence-corrected chi connectivity index (χ3v) is 6.01. The van der Waals surface area contributed by atoms with Gasteiger partial charge in [-0.05, 0) is 49.3 Å². The lowest BCUT2D eigenvalue weighted by Crippen LogP contribution is -2.30. The Bertz CT molecular complexity index is 469. The van der Waals surface area contributed by atoms with Crippen LogP contribution in [0.5, 0.6) is 11.5 Å². The Kier molecular flexibility index (Phi) is 6.42. The first-order valence-corrected chi connectivity index (χ1v) is 9.99. The quantitative estimate of drug-likeness (QED) is 0.641. The van der Waals surface area contributed by atoms with E-state index in [2.05, 4.69) is 5.32 Å². The highest BCUT2D eigenvalue weighted by molar-refractivity contribution is 5.45. The van der Waals surface area contributed by atoms with Crippen molar-refractivity contribution in [3.8, 4) is 11.5 Å². The molecule has 0 spiro atoms. The first kappa shape index (κ1) is 17.6. The number of hydrogen-bond donors (Lipinski definition) is 3. The van der Waals surface area contributed by atoms with Crippen molar-refractivity contribution in [3.63, 3.8) is 0 Å². The van der Waals surface area contributed by atoms with Gasteiger partial charge in [-0.1, -0.05) is 51.4 Å². The van der Waals surface area contributed by atoms with Crippen LogP contribution in [-0.2, 0) is 13.0 Å². The lowest BCUT2D eigenvalue weighted by molar-refractivity contribution is 0.337. The number of nitrogens with one attached hydrogen (secondary N) is 1. The van der Waals surface area contributed by atoms with Crippen LogP contribution < -0.4 is 5.32 Å². The molecule has 0 aliphatic heterocycles. The van der Waals surface area contributed by atoms with Gasteiger partial charge in [0.05, 0.1) is 0 Å². The maximum Gasteiger partial charge on any atom is 0.120 e. The third-order valence-electron chi connectivity index (χ3n) is 6.01. The molecule has 2 fully saturated rings. The average Bonchev–Trinajstić information content (AvgIpc) is 2.62. The normalized spacial score (nSPS) is 20.3. The van der Waals surface area contributed by atoms with Gasteiger partial charge in [0, 0.05) is 18.2 Å². The molecule has 0 heterocycles. The zero-order valence-electron chi connectivity index (χ0n) is 14.9. The van der Waals surface area contributed by atoms with Crippen LogP contribution >= 0.6 is 0 Å². The minimum absolute atomic E-state index is 0.328. The minimum Gasteiger partial charge on any atom is -0.508 e. The standard InChI is InChI=1S/C21H33NO2/c23-20-14-18(15-22-19-9-5-2-6-10-19)21(24)13-17(20)12-11-16-7-3-1-4-8-16/h13-14,16,19,22-24H,1-12,15H2. The van der Waals surface area contributed by atoms with Crippen molar-refractivity contribution in [2.45, 2.75) is 89.6 Å². The fraction of sp³-hybridized carbons (Fsp3) is 0.714. The highest BCUT2D eigenvalue weighted by Crippen LogP contribution is 2.32. The van der Waals surface area contributed by atoms with Crippen LogP contribution in [0, 0.1) is 5.92 Å². The Morgan fingerprint density at radius 3 is 2.08 bits per heavy atom. The maximum atomic E-state index is 10.3. The topological polar surface area (TPSA) is 52.5 Å². The van der Waals surface area contributed by atoms with E-state index < -0.39 is 0 Å². The molecule has 2 aliphatic rings. The molecule has 3 nitrogen and oxygen atoms in total. The number of aryl methyl sites for hydroxylation is 1. The predicted octanol–water partition coefficient (Wildman–Crippen LogP) is 5.03. The summed E-state index contributed by atoms with van der Waals surface area (Å²) in [7, 11) is 0. The second kappa shape index (κ2) is 8.75. The monoisotopic (exact) mass is 331 g/mol.